The number of carbonyl (C=O) groups is 1. The van der Waals surface area contributed by atoms with Gasteiger partial charge in [0.05, 0.1) is 7.11 Å². The summed E-state index contributed by atoms with van der Waals surface area (Å²) in [6, 6.07) is 3.57. The van der Waals surface area contributed by atoms with E-state index in [0.717, 1.165) is 5.56 Å². The lowest BCUT2D eigenvalue weighted by atomic mass is 9.96. The van der Waals surface area contributed by atoms with Crippen LogP contribution in [0, 0.1) is 0 Å². The molecule has 0 bridgehead atoms. The summed E-state index contributed by atoms with van der Waals surface area (Å²) >= 11 is 0. The van der Waals surface area contributed by atoms with Crippen LogP contribution in [0.3, 0.4) is 0 Å². The van der Waals surface area contributed by atoms with Gasteiger partial charge in [0.1, 0.15) is 5.82 Å². The van der Waals surface area contributed by atoms with Crippen LogP contribution in [0.2, 0.25) is 0 Å². The highest BCUT2D eigenvalue weighted by atomic mass is 16.5. The minimum atomic E-state index is -0.322. The molecule has 0 aliphatic carbocycles. The average molecular weight is 289 g/mol. The van der Waals surface area contributed by atoms with Crippen molar-refractivity contribution in [2.75, 3.05) is 7.11 Å². The van der Waals surface area contributed by atoms with E-state index in [1.165, 1.54) is 0 Å². The number of hydrogen-bond donors (Lipinski definition) is 2. The molecule has 0 aliphatic rings. The minimum Gasteiger partial charge on any atom is -0.481 e. The number of hydrogen-bond acceptors (Lipinski definition) is 5. The van der Waals surface area contributed by atoms with Gasteiger partial charge in [-0.25, -0.2) is 9.97 Å². The van der Waals surface area contributed by atoms with Crippen molar-refractivity contribution in [3.8, 4) is 5.88 Å². The van der Waals surface area contributed by atoms with Gasteiger partial charge in [-0.1, -0.05) is 20.8 Å². The molecule has 0 saturated heterocycles. The second kappa shape index (κ2) is 5.90. The zero-order chi connectivity index (χ0) is 15.5. The number of carbonyl (C=O) groups excluding carboxylic acids is 1. The van der Waals surface area contributed by atoms with Crippen LogP contribution in [0.1, 0.15) is 42.8 Å². The maximum Gasteiger partial charge on any atom is 0.291 e. The van der Waals surface area contributed by atoms with E-state index in [0.29, 0.717) is 18.2 Å². The van der Waals surface area contributed by atoms with Gasteiger partial charge in [-0.2, -0.15) is 0 Å². The second-order valence-corrected chi connectivity index (χ2v) is 5.65. The first-order valence-electron chi connectivity index (χ1n) is 6.60. The standard InChI is InChI=1S/C14H19N5O2/c1-14(2,3)13-17-11(18-19-13)12(20)16-8-9-5-6-15-10(7-9)21-4/h5-7H,8H2,1-4H3,(H,16,20)(H,17,18,19). The second-order valence-electron chi connectivity index (χ2n) is 5.65. The molecule has 0 unspecified atom stereocenters. The van der Waals surface area contributed by atoms with Crippen molar-refractivity contribution in [3.05, 3.63) is 35.5 Å². The number of aromatic amines is 1. The van der Waals surface area contributed by atoms with Crippen molar-refractivity contribution in [1.29, 1.82) is 0 Å². The van der Waals surface area contributed by atoms with E-state index in [1.54, 1.807) is 25.4 Å². The molecular formula is C14H19N5O2. The van der Waals surface area contributed by atoms with E-state index in [9.17, 15) is 4.79 Å². The molecule has 21 heavy (non-hydrogen) atoms. The molecule has 0 saturated carbocycles. The van der Waals surface area contributed by atoms with Gasteiger partial charge in [0.25, 0.3) is 5.91 Å². The van der Waals surface area contributed by atoms with Gasteiger partial charge in [-0.3, -0.25) is 9.89 Å². The number of methoxy groups -OCH3 is 1. The molecule has 0 spiro atoms. The Morgan fingerprint density at radius 1 is 1.43 bits per heavy atom. The molecule has 0 atom stereocenters. The Morgan fingerprint density at radius 3 is 2.81 bits per heavy atom. The SMILES string of the molecule is COc1cc(CNC(=O)c2n[nH]c(C(C)(C)C)n2)ccn1. The number of amides is 1. The van der Waals surface area contributed by atoms with E-state index in [4.69, 9.17) is 4.74 Å². The Kier molecular flexibility index (Phi) is 4.21. The third-order valence-corrected chi connectivity index (χ3v) is 2.86. The van der Waals surface area contributed by atoms with Crippen molar-refractivity contribution < 1.29 is 9.53 Å². The van der Waals surface area contributed by atoms with Crippen molar-refractivity contribution in [1.82, 2.24) is 25.5 Å². The number of H-pyrrole nitrogens is 1. The fraction of sp³-hybridized carbons (Fsp3) is 0.429. The first-order chi connectivity index (χ1) is 9.90. The topological polar surface area (TPSA) is 92.8 Å². The predicted molar refractivity (Wildman–Crippen MR) is 77.0 cm³/mol. The highest BCUT2D eigenvalue weighted by Crippen LogP contribution is 2.17. The van der Waals surface area contributed by atoms with Gasteiger partial charge in [-0.15, -0.1) is 5.10 Å². The van der Waals surface area contributed by atoms with Gasteiger partial charge in [0.15, 0.2) is 0 Å². The Morgan fingerprint density at radius 2 is 2.19 bits per heavy atom. The van der Waals surface area contributed by atoms with Gasteiger partial charge in [-0.05, 0) is 11.6 Å². The molecule has 0 fully saturated rings. The average Bonchev–Trinajstić information content (AvgIpc) is 2.95. The summed E-state index contributed by atoms with van der Waals surface area (Å²) in [6.45, 7) is 6.35. The summed E-state index contributed by atoms with van der Waals surface area (Å²) in [5.74, 6) is 1.01. The Bertz CT molecular complexity index is 630. The lowest BCUT2D eigenvalue weighted by Crippen LogP contribution is -2.24. The van der Waals surface area contributed by atoms with Crippen molar-refractivity contribution in [2.24, 2.45) is 0 Å². The maximum absolute atomic E-state index is 12.0. The van der Waals surface area contributed by atoms with E-state index < -0.39 is 0 Å². The predicted octanol–water partition coefficient (Wildman–Crippen LogP) is 1.44. The third kappa shape index (κ3) is 3.77. The van der Waals surface area contributed by atoms with E-state index in [1.807, 2.05) is 20.8 Å². The minimum absolute atomic E-state index is 0.140. The first kappa shape index (κ1) is 15.0. The van der Waals surface area contributed by atoms with Crippen LogP contribution >= 0.6 is 0 Å². The highest BCUT2D eigenvalue weighted by Gasteiger charge is 2.21. The zero-order valence-electron chi connectivity index (χ0n) is 12.6. The Hall–Kier alpha value is -2.44. The number of aromatic nitrogens is 4. The smallest absolute Gasteiger partial charge is 0.291 e. The van der Waals surface area contributed by atoms with Gasteiger partial charge in [0, 0.05) is 24.2 Å². The number of nitrogens with zero attached hydrogens (tertiary/aromatic N) is 3. The summed E-state index contributed by atoms with van der Waals surface area (Å²) in [5, 5.41) is 9.50. The molecule has 0 aromatic carbocycles. The molecule has 2 aromatic heterocycles. The molecule has 2 heterocycles. The van der Waals surface area contributed by atoms with Crippen molar-refractivity contribution >= 4 is 5.91 Å². The van der Waals surface area contributed by atoms with Gasteiger partial charge in [0.2, 0.25) is 11.7 Å². The molecule has 112 valence electrons. The van der Waals surface area contributed by atoms with Gasteiger partial charge < -0.3 is 10.1 Å². The third-order valence-electron chi connectivity index (χ3n) is 2.86. The molecule has 1 amide bonds. The summed E-state index contributed by atoms with van der Waals surface area (Å²) in [5.41, 5.74) is 0.714. The summed E-state index contributed by atoms with van der Waals surface area (Å²) in [4.78, 5) is 20.2. The van der Waals surface area contributed by atoms with Crippen molar-refractivity contribution in [2.45, 2.75) is 32.7 Å². The number of ether oxygens (including phenoxy) is 1. The number of nitrogens with one attached hydrogen (secondary N) is 2. The Balaban J connectivity index is 2.00. The monoisotopic (exact) mass is 289 g/mol. The molecule has 2 rings (SSSR count). The van der Waals surface area contributed by atoms with Crippen LogP contribution in [0.5, 0.6) is 5.88 Å². The van der Waals surface area contributed by atoms with E-state index in [-0.39, 0.29) is 17.1 Å². The van der Waals surface area contributed by atoms with Crippen LogP contribution in [0.15, 0.2) is 18.3 Å². The number of rotatable bonds is 4. The Labute approximate surface area is 123 Å². The molecule has 7 heteroatoms. The van der Waals surface area contributed by atoms with Crippen LogP contribution in [-0.4, -0.2) is 33.2 Å². The molecule has 0 radical (unpaired) electrons. The largest absolute Gasteiger partial charge is 0.481 e. The molecular weight excluding hydrogens is 270 g/mol. The van der Waals surface area contributed by atoms with Gasteiger partial charge >= 0.3 is 0 Å². The quantitative estimate of drug-likeness (QED) is 0.888. The lowest BCUT2D eigenvalue weighted by Gasteiger charge is -2.12. The zero-order valence-corrected chi connectivity index (χ0v) is 12.6. The maximum atomic E-state index is 12.0. The van der Waals surface area contributed by atoms with Crippen LogP contribution in [0.4, 0.5) is 0 Å². The van der Waals surface area contributed by atoms with Crippen molar-refractivity contribution in [3.63, 3.8) is 0 Å². The van der Waals surface area contributed by atoms with Crippen LogP contribution < -0.4 is 10.1 Å². The fourth-order valence-electron chi connectivity index (χ4n) is 1.63. The molecule has 2 N–H and O–H groups in total. The van der Waals surface area contributed by atoms with E-state index in [2.05, 4.69) is 25.5 Å². The number of pyridine rings is 1. The summed E-state index contributed by atoms with van der Waals surface area (Å²) < 4.78 is 5.03. The molecule has 2 aromatic rings. The normalized spacial score (nSPS) is 11.2. The lowest BCUT2D eigenvalue weighted by molar-refractivity contribution is 0.0940. The molecule has 0 aliphatic heterocycles. The highest BCUT2D eigenvalue weighted by molar-refractivity contribution is 5.90. The molecule has 7 nitrogen and oxygen atoms in total. The van der Waals surface area contributed by atoms with Crippen LogP contribution in [-0.2, 0) is 12.0 Å². The fourth-order valence-corrected chi connectivity index (χ4v) is 1.63. The van der Waals surface area contributed by atoms with Crippen LogP contribution in [0.25, 0.3) is 0 Å². The summed E-state index contributed by atoms with van der Waals surface area (Å²) in [7, 11) is 1.55. The first-order valence-corrected chi connectivity index (χ1v) is 6.60. The summed E-state index contributed by atoms with van der Waals surface area (Å²) in [6.07, 6.45) is 1.63. The van der Waals surface area contributed by atoms with E-state index >= 15 is 0 Å².